The molecule has 0 radical (unpaired) electrons. The summed E-state index contributed by atoms with van der Waals surface area (Å²) in [5.41, 5.74) is -7.76. The van der Waals surface area contributed by atoms with E-state index in [1.54, 1.807) is 4.90 Å². The van der Waals surface area contributed by atoms with E-state index < -0.39 is 55.9 Å². The molecule has 2 bridgehead atoms. The number of rotatable bonds is 4. The molecule has 0 N–H and O–H groups in total. The number of alkyl halides is 7. The standard InChI is InChI=1S/C32H32F8N2O4S/c1-18(43)42-17-19-2-3-21(16-24(42)14-19)28(44)41-13-12-29(47(45,46)25-8-6-23(33)7-9-25)26-10-5-22(15-20(26)4-11-27(29)41)30(34,31(35,36)37)32(38,39)40/h5-10,15,19,21,24,27H,2-4,11-14,16-17H2,1H3/t19?,21-,24+,27-,29-/m1/s1. The van der Waals surface area contributed by atoms with Gasteiger partial charge in [-0.25, -0.2) is 17.2 Å². The van der Waals surface area contributed by atoms with Crippen LogP contribution in [0.2, 0.25) is 0 Å². The van der Waals surface area contributed by atoms with Crippen LogP contribution in [0, 0.1) is 17.7 Å². The molecule has 15 heteroatoms. The first-order chi connectivity index (χ1) is 21.8. The Morgan fingerprint density at radius 1 is 0.872 bits per heavy atom. The van der Waals surface area contributed by atoms with Gasteiger partial charge in [-0.15, -0.1) is 0 Å². The van der Waals surface area contributed by atoms with Gasteiger partial charge in [-0.2, -0.15) is 26.3 Å². The first kappa shape index (κ1) is 33.7. The summed E-state index contributed by atoms with van der Waals surface area (Å²) in [7, 11) is -4.58. The largest absolute Gasteiger partial charge is 0.435 e. The smallest absolute Gasteiger partial charge is 0.340 e. The Balaban J connectivity index is 1.44. The van der Waals surface area contributed by atoms with Crippen LogP contribution in [-0.4, -0.2) is 67.6 Å². The number of benzene rings is 2. The number of sulfone groups is 1. The van der Waals surface area contributed by atoms with Gasteiger partial charge in [0.1, 0.15) is 10.6 Å². The van der Waals surface area contributed by atoms with Crippen molar-refractivity contribution in [3.05, 3.63) is 65.0 Å². The minimum atomic E-state index is -6.36. The van der Waals surface area contributed by atoms with Crippen LogP contribution in [-0.2, 0) is 36.3 Å². The maximum absolute atomic E-state index is 15.1. The molecule has 6 nitrogen and oxygen atoms in total. The van der Waals surface area contributed by atoms with Gasteiger partial charge in [-0.05, 0) is 86.3 Å². The SMILES string of the molecule is CC(=O)N1CC2CC[C@@H](C(=O)N3CC[C@@]4(S(=O)(=O)c5ccc(F)cc5)c5ccc(C(F)(C(F)(F)F)C(F)(F)F)cc5CC[C@@H]34)C[C@@H]1C2. The zero-order valence-electron chi connectivity index (χ0n) is 25.2. The van der Waals surface area contributed by atoms with Crippen molar-refractivity contribution in [2.45, 2.75) is 91.6 Å². The molecule has 5 atom stereocenters. The van der Waals surface area contributed by atoms with Gasteiger partial charge >= 0.3 is 18.0 Å². The lowest BCUT2D eigenvalue weighted by Crippen LogP contribution is -2.54. The molecule has 2 aromatic rings. The third-order valence-corrected chi connectivity index (χ3v) is 13.2. The Bertz CT molecular complexity index is 1680. The van der Waals surface area contributed by atoms with E-state index in [9.17, 15) is 48.7 Å². The van der Waals surface area contributed by atoms with Crippen molar-refractivity contribution in [3.63, 3.8) is 0 Å². The summed E-state index contributed by atoms with van der Waals surface area (Å²) in [4.78, 5) is 29.3. The van der Waals surface area contributed by atoms with Crippen molar-refractivity contribution in [1.82, 2.24) is 9.80 Å². The number of amides is 2. The van der Waals surface area contributed by atoms with Gasteiger partial charge in [0.15, 0.2) is 9.84 Å². The molecule has 2 heterocycles. The first-order valence-corrected chi connectivity index (χ1v) is 16.9. The Labute approximate surface area is 266 Å². The molecule has 2 aliphatic heterocycles. The maximum atomic E-state index is 15.1. The lowest BCUT2D eigenvalue weighted by atomic mass is 9.76. The number of carbonyl (C=O) groups is 2. The van der Waals surface area contributed by atoms with Crippen molar-refractivity contribution in [1.29, 1.82) is 0 Å². The van der Waals surface area contributed by atoms with Gasteiger partial charge in [0.2, 0.25) is 11.8 Å². The molecule has 256 valence electrons. The number of hydrogen-bond acceptors (Lipinski definition) is 4. The predicted octanol–water partition coefficient (Wildman–Crippen LogP) is 6.37. The fraction of sp³-hybridized carbons (Fsp3) is 0.562. The van der Waals surface area contributed by atoms with E-state index in [1.807, 2.05) is 0 Å². The van der Waals surface area contributed by atoms with E-state index in [2.05, 4.69) is 0 Å². The Morgan fingerprint density at radius 2 is 1.53 bits per heavy atom. The second-order valence-corrected chi connectivity index (χ2v) is 15.4. The Kier molecular flexibility index (Phi) is 7.99. The second-order valence-electron chi connectivity index (χ2n) is 13.1. The van der Waals surface area contributed by atoms with Crippen LogP contribution in [0.15, 0.2) is 47.4 Å². The zero-order chi connectivity index (χ0) is 34.3. The molecule has 0 spiro atoms. The first-order valence-electron chi connectivity index (χ1n) is 15.4. The molecule has 1 saturated carbocycles. The number of hydrogen-bond donors (Lipinski definition) is 0. The summed E-state index contributed by atoms with van der Waals surface area (Å²) < 4.78 is 138. The van der Waals surface area contributed by atoms with Crippen LogP contribution < -0.4 is 0 Å². The fourth-order valence-electron chi connectivity index (χ4n) is 8.49. The molecular weight excluding hydrogens is 660 g/mol. The van der Waals surface area contributed by atoms with Crippen molar-refractivity contribution < 1.29 is 53.1 Å². The Hall–Kier alpha value is -3.23. The van der Waals surface area contributed by atoms with Crippen LogP contribution in [0.3, 0.4) is 0 Å². The van der Waals surface area contributed by atoms with Gasteiger partial charge < -0.3 is 9.80 Å². The summed E-state index contributed by atoms with van der Waals surface area (Å²) in [6.45, 7) is 1.99. The van der Waals surface area contributed by atoms with Crippen LogP contribution in [0.4, 0.5) is 35.1 Å². The summed E-state index contributed by atoms with van der Waals surface area (Å²) in [6, 6.07) is 4.18. The number of aryl methyl sites for hydroxylation is 1. The lowest BCUT2D eigenvalue weighted by molar-refractivity contribution is -0.348. The van der Waals surface area contributed by atoms with E-state index in [0.717, 1.165) is 36.8 Å². The summed E-state index contributed by atoms with van der Waals surface area (Å²) in [5, 5.41) is 0. The van der Waals surface area contributed by atoms with E-state index in [4.69, 9.17) is 0 Å². The maximum Gasteiger partial charge on any atom is 0.435 e. The zero-order valence-corrected chi connectivity index (χ0v) is 26.0. The summed E-state index contributed by atoms with van der Waals surface area (Å²) in [6.07, 6.45) is -11.0. The highest BCUT2D eigenvalue weighted by atomic mass is 32.2. The molecular formula is C32H32F8N2O4S. The van der Waals surface area contributed by atoms with E-state index in [-0.39, 0.29) is 65.6 Å². The molecule has 2 aromatic carbocycles. The molecule has 2 aliphatic carbocycles. The summed E-state index contributed by atoms with van der Waals surface area (Å²) >= 11 is 0. The number of halogens is 8. The van der Waals surface area contributed by atoms with Crippen molar-refractivity contribution in [2.24, 2.45) is 11.8 Å². The molecule has 2 amide bonds. The third-order valence-electron chi connectivity index (χ3n) is 10.7. The third kappa shape index (κ3) is 5.04. The van der Waals surface area contributed by atoms with Crippen molar-refractivity contribution in [2.75, 3.05) is 13.1 Å². The van der Waals surface area contributed by atoms with Crippen LogP contribution in [0.1, 0.15) is 62.1 Å². The molecule has 6 rings (SSSR count). The van der Waals surface area contributed by atoms with Gasteiger partial charge in [-0.3, -0.25) is 9.59 Å². The van der Waals surface area contributed by atoms with Crippen LogP contribution >= 0.6 is 0 Å². The predicted molar refractivity (Wildman–Crippen MR) is 152 cm³/mol. The van der Waals surface area contributed by atoms with Crippen LogP contribution in [0.25, 0.3) is 0 Å². The highest BCUT2D eigenvalue weighted by Crippen LogP contribution is 2.57. The Morgan fingerprint density at radius 3 is 2.15 bits per heavy atom. The lowest BCUT2D eigenvalue weighted by Gasteiger charge is -2.43. The van der Waals surface area contributed by atoms with E-state index >= 15 is 4.39 Å². The average molecular weight is 693 g/mol. The molecule has 3 fully saturated rings. The molecule has 2 saturated heterocycles. The molecule has 4 aliphatic rings. The molecule has 0 aromatic heterocycles. The summed E-state index contributed by atoms with van der Waals surface area (Å²) in [5.74, 6) is -1.49. The number of carbonyl (C=O) groups excluding carboxylic acids is 2. The number of nitrogens with zero attached hydrogens (tertiary/aromatic N) is 2. The molecule has 47 heavy (non-hydrogen) atoms. The number of likely N-dealkylation sites (tertiary alicyclic amines) is 2. The highest BCUT2D eigenvalue weighted by Gasteiger charge is 2.74. The second kappa shape index (κ2) is 11.2. The topological polar surface area (TPSA) is 74.8 Å². The minimum absolute atomic E-state index is 0.0791. The van der Waals surface area contributed by atoms with Crippen molar-refractivity contribution >= 4 is 21.7 Å². The van der Waals surface area contributed by atoms with E-state index in [1.165, 1.54) is 11.8 Å². The normalized spacial score (nSPS) is 28.1. The van der Waals surface area contributed by atoms with E-state index in [0.29, 0.717) is 37.9 Å². The van der Waals surface area contributed by atoms with Crippen molar-refractivity contribution in [3.8, 4) is 0 Å². The highest BCUT2D eigenvalue weighted by molar-refractivity contribution is 7.92. The average Bonchev–Trinajstić information content (AvgIpc) is 3.52. The minimum Gasteiger partial charge on any atom is -0.340 e. The van der Waals surface area contributed by atoms with Gasteiger partial charge in [0.05, 0.1) is 10.9 Å². The van der Waals surface area contributed by atoms with Gasteiger partial charge in [0.25, 0.3) is 0 Å². The number of fused-ring (bicyclic) bond motifs is 5. The van der Waals surface area contributed by atoms with Crippen LogP contribution in [0.5, 0.6) is 0 Å². The van der Waals surface area contributed by atoms with Gasteiger partial charge in [-0.1, -0.05) is 18.2 Å². The monoisotopic (exact) mass is 692 g/mol. The van der Waals surface area contributed by atoms with Gasteiger partial charge in [0, 0.05) is 37.5 Å². The fourth-order valence-corrected chi connectivity index (χ4v) is 10.9. The quantitative estimate of drug-likeness (QED) is 0.276. The molecule has 1 unspecified atom stereocenters.